The number of carbonyl (C=O) groups is 2. The first-order valence-corrected chi connectivity index (χ1v) is 4.98. The van der Waals surface area contributed by atoms with Crippen LogP contribution in [-0.4, -0.2) is 34.9 Å². The van der Waals surface area contributed by atoms with Crippen molar-refractivity contribution in [2.75, 3.05) is 11.9 Å². The summed E-state index contributed by atoms with van der Waals surface area (Å²) >= 11 is 0. The van der Waals surface area contributed by atoms with Gasteiger partial charge in [-0.2, -0.15) is 5.26 Å². The van der Waals surface area contributed by atoms with Crippen molar-refractivity contribution in [2.24, 2.45) is 0 Å². The Labute approximate surface area is 103 Å². The Bertz CT molecular complexity index is 495. The average molecular weight is 249 g/mol. The molecule has 0 radical (unpaired) electrons. The lowest BCUT2D eigenvalue weighted by Gasteiger charge is -2.13. The van der Waals surface area contributed by atoms with Gasteiger partial charge < -0.3 is 20.8 Å². The lowest BCUT2D eigenvalue weighted by atomic mass is 10.2. The smallest absolute Gasteiger partial charge is 0.328 e. The van der Waals surface area contributed by atoms with E-state index in [2.05, 4.69) is 10.6 Å². The second-order valence-corrected chi connectivity index (χ2v) is 3.33. The van der Waals surface area contributed by atoms with Crippen molar-refractivity contribution in [3.63, 3.8) is 0 Å². The van der Waals surface area contributed by atoms with Crippen molar-refractivity contribution in [1.29, 1.82) is 5.26 Å². The zero-order valence-corrected chi connectivity index (χ0v) is 9.25. The molecule has 0 aromatic heterocycles. The normalized spacial score (nSPS) is 11.1. The summed E-state index contributed by atoms with van der Waals surface area (Å²) in [6, 6.07) is 5.96. The Balaban J connectivity index is 2.71. The van der Waals surface area contributed by atoms with Gasteiger partial charge in [-0.1, -0.05) is 12.1 Å². The molecule has 0 spiro atoms. The number of hydrogen-bond acceptors (Lipinski definition) is 4. The summed E-state index contributed by atoms with van der Waals surface area (Å²) in [5.74, 6) is -1.35. The van der Waals surface area contributed by atoms with Crippen LogP contribution in [-0.2, 0) is 4.79 Å². The standard InChI is InChI=1S/C11H11N3O4/c12-5-7-3-1-2-4-8(7)13-11(18)14-9(6-15)10(16)17/h1-4,9,15H,6H2,(H,16,17)(H2,13,14,18)/t9-/m1/s1. The number of carbonyl (C=O) groups excluding carboxylic acids is 1. The van der Waals surface area contributed by atoms with Gasteiger partial charge in [-0.3, -0.25) is 0 Å². The predicted molar refractivity (Wildman–Crippen MR) is 61.8 cm³/mol. The molecular weight excluding hydrogens is 238 g/mol. The predicted octanol–water partition coefficient (Wildman–Crippen LogP) is 0.125. The van der Waals surface area contributed by atoms with Crippen molar-refractivity contribution in [3.8, 4) is 6.07 Å². The third-order valence-corrected chi connectivity index (χ3v) is 2.08. The highest BCUT2D eigenvalue weighted by Gasteiger charge is 2.18. The highest BCUT2D eigenvalue weighted by atomic mass is 16.4. The van der Waals surface area contributed by atoms with Crippen LogP contribution in [0.25, 0.3) is 0 Å². The number of aliphatic carboxylic acids is 1. The van der Waals surface area contributed by atoms with Gasteiger partial charge in [0.2, 0.25) is 0 Å². The van der Waals surface area contributed by atoms with Gasteiger partial charge in [0, 0.05) is 0 Å². The van der Waals surface area contributed by atoms with E-state index in [0.717, 1.165) is 0 Å². The first-order chi connectivity index (χ1) is 8.58. The molecule has 0 bridgehead atoms. The molecule has 18 heavy (non-hydrogen) atoms. The van der Waals surface area contributed by atoms with E-state index in [1.54, 1.807) is 12.1 Å². The van der Waals surface area contributed by atoms with E-state index in [0.29, 0.717) is 0 Å². The fraction of sp³-hybridized carbons (Fsp3) is 0.182. The summed E-state index contributed by atoms with van der Waals surface area (Å²) in [7, 11) is 0. The Morgan fingerprint density at radius 3 is 2.61 bits per heavy atom. The van der Waals surface area contributed by atoms with Crippen LogP contribution in [0.5, 0.6) is 0 Å². The number of rotatable bonds is 4. The van der Waals surface area contributed by atoms with Crippen LogP contribution < -0.4 is 10.6 Å². The molecule has 0 saturated heterocycles. The number of nitriles is 1. The second-order valence-electron chi connectivity index (χ2n) is 3.33. The molecule has 1 atom stereocenters. The Morgan fingerprint density at radius 2 is 2.06 bits per heavy atom. The molecule has 1 aromatic carbocycles. The summed E-state index contributed by atoms with van der Waals surface area (Å²) < 4.78 is 0. The fourth-order valence-corrected chi connectivity index (χ4v) is 1.19. The third-order valence-electron chi connectivity index (χ3n) is 2.08. The molecule has 0 unspecified atom stereocenters. The van der Waals surface area contributed by atoms with E-state index in [4.69, 9.17) is 15.5 Å². The molecule has 0 aliphatic heterocycles. The van der Waals surface area contributed by atoms with Gasteiger partial charge in [0.15, 0.2) is 6.04 Å². The minimum Gasteiger partial charge on any atom is -0.480 e. The highest BCUT2D eigenvalue weighted by molar-refractivity contribution is 5.93. The number of nitrogens with one attached hydrogen (secondary N) is 2. The van der Waals surface area contributed by atoms with E-state index >= 15 is 0 Å². The van der Waals surface area contributed by atoms with Gasteiger partial charge >= 0.3 is 12.0 Å². The van der Waals surface area contributed by atoms with Gasteiger partial charge in [-0.15, -0.1) is 0 Å². The van der Waals surface area contributed by atoms with Gasteiger partial charge in [-0.25, -0.2) is 9.59 Å². The van der Waals surface area contributed by atoms with E-state index < -0.39 is 24.6 Å². The minimum absolute atomic E-state index is 0.253. The molecular formula is C11H11N3O4. The number of nitrogens with zero attached hydrogens (tertiary/aromatic N) is 1. The van der Waals surface area contributed by atoms with E-state index in [-0.39, 0.29) is 11.3 Å². The Morgan fingerprint density at radius 1 is 1.39 bits per heavy atom. The zero-order chi connectivity index (χ0) is 13.5. The highest BCUT2D eigenvalue weighted by Crippen LogP contribution is 2.12. The molecule has 94 valence electrons. The number of benzene rings is 1. The van der Waals surface area contributed by atoms with Crippen LogP contribution in [0.2, 0.25) is 0 Å². The number of hydrogen-bond donors (Lipinski definition) is 4. The quantitative estimate of drug-likeness (QED) is 0.603. The molecule has 0 heterocycles. The largest absolute Gasteiger partial charge is 0.480 e. The summed E-state index contributed by atoms with van der Waals surface area (Å²) in [4.78, 5) is 22.0. The Hall–Kier alpha value is -2.59. The maximum Gasteiger partial charge on any atom is 0.328 e. The third kappa shape index (κ3) is 3.47. The molecule has 4 N–H and O–H groups in total. The molecule has 1 rings (SSSR count). The van der Waals surface area contributed by atoms with Crippen LogP contribution in [0.3, 0.4) is 0 Å². The zero-order valence-electron chi connectivity index (χ0n) is 9.25. The lowest BCUT2D eigenvalue weighted by Crippen LogP contribution is -2.45. The van der Waals surface area contributed by atoms with Crippen molar-refractivity contribution >= 4 is 17.7 Å². The van der Waals surface area contributed by atoms with Crippen LogP contribution in [0.1, 0.15) is 5.56 Å². The van der Waals surface area contributed by atoms with Crippen LogP contribution >= 0.6 is 0 Å². The lowest BCUT2D eigenvalue weighted by molar-refractivity contribution is -0.140. The van der Waals surface area contributed by atoms with Crippen molar-refractivity contribution < 1.29 is 19.8 Å². The van der Waals surface area contributed by atoms with Crippen LogP contribution in [0.4, 0.5) is 10.5 Å². The topological polar surface area (TPSA) is 122 Å². The summed E-state index contributed by atoms with van der Waals surface area (Å²) in [6.45, 7) is -0.720. The summed E-state index contributed by atoms with van der Waals surface area (Å²) in [5, 5.41) is 30.6. The monoisotopic (exact) mass is 249 g/mol. The van der Waals surface area contributed by atoms with Gasteiger partial charge in [0.25, 0.3) is 0 Å². The number of amides is 2. The van der Waals surface area contributed by atoms with Gasteiger partial charge in [0.05, 0.1) is 17.9 Å². The molecule has 1 aromatic rings. The van der Waals surface area contributed by atoms with E-state index in [1.165, 1.54) is 12.1 Å². The number of aliphatic hydroxyl groups excluding tert-OH is 1. The average Bonchev–Trinajstić information content (AvgIpc) is 2.36. The second kappa shape index (κ2) is 6.22. The minimum atomic E-state index is -1.39. The maximum atomic E-state index is 11.4. The fourth-order valence-electron chi connectivity index (χ4n) is 1.19. The van der Waals surface area contributed by atoms with Crippen LogP contribution in [0, 0.1) is 11.3 Å². The molecule has 0 fully saturated rings. The summed E-state index contributed by atoms with van der Waals surface area (Å²) in [5.41, 5.74) is 0.517. The number of aliphatic hydroxyl groups is 1. The molecule has 7 nitrogen and oxygen atoms in total. The van der Waals surface area contributed by atoms with Crippen molar-refractivity contribution in [3.05, 3.63) is 29.8 Å². The molecule has 0 aliphatic carbocycles. The number of anilines is 1. The first kappa shape index (κ1) is 13.5. The van der Waals surface area contributed by atoms with Crippen LogP contribution in [0.15, 0.2) is 24.3 Å². The van der Waals surface area contributed by atoms with Gasteiger partial charge in [0.1, 0.15) is 6.07 Å². The number of urea groups is 1. The first-order valence-electron chi connectivity index (χ1n) is 4.98. The number of carboxylic acids is 1. The van der Waals surface area contributed by atoms with Gasteiger partial charge in [-0.05, 0) is 12.1 Å². The number of carboxylic acid groups (broad SMARTS) is 1. The maximum absolute atomic E-state index is 11.4. The Kier molecular flexibility index (Phi) is 4.66. The molecule has 0 saturated carbocycles. The van der Waals surface area contributed by atoms with Crippen molar-refractivity contribution in [2.45, 2.75) is 6.04 Å². The SMILES string of the molecule is N#Cc1ccccc1NC(=O)N[C@H](CO)C(=O)O. The summed E-state index contributed by atoms with van der Waals surface area (Å²) in [6.07, 6.45) is 0. The molecule has 7 heteroatoms. The van der Waals surface area contributed by atoms with E-state index in [1.807, 2.05) is 6.07 Å². The molecule has 2 amide bonds. The molecule has 0 aliphatic rings. The van der Waals surface area contributed by atoms with E-state index in [9.17, 15) is 9.59 Å². The van der Waals surface area contributed by atoms with Crippen molar-refractivity contribution in [1.82, 2.24) is 5.32 Å². The number of para-hydroxylation sites is 1.